The maximum absolute atomic E-state index is 12.4. The van der Waals surface area contributed by atoms with Crippen LogP contribution >= 0.6 is 0 Å². The molecule has 1 aromatic rings. The fourth-order valence-electron chi connectivity index (χ4n) is 3.12. The van der Waals surface area contributed by atoms with Gasteiger partial charge in [0.25, 0.3) is 0 Å². The van der Waals surface area contributed by atoms with Gasteiger partial charge in [-0.2, -0.15) is 0 Å². The summed E-state index contributed by atoms with van der Waals surface area (Å²) < 4.78 is 11.0. The van der Waals surface area contributed by atoms with Crippen LogP contribution < -0.4 is 0 Å². The highest BCUT2D eigenvalue weighted by atomic mass is 16.5. The Morgan fingerprint density at radius 2 is 1.21 bits per heavy atom. The predicted molar refractivity (Wildman–Crippen MR) is 114 cm³/mol. The van der Waals surface area contributed by atoms with Gasteiger partial charge < -0.3 is 9.47 Å². The monoisotopic (exact) mass is 390 g/mol. The molecule has 28 heavy (non-hydrogen) atoms. The molecule has 1 aromatic carbocycles. The van der Waals surface area contributed by atoms with Crippen LogP contribution in [0.5, 0.6) is 0 Å². The third-order valence-electron chi connectivity index (χ3n) is 5.32. The third-order valence-corrected chi connectivity index (χ3v) is 5.32. The van der Waals surface area contributed by atoms with E-state index in [9.17, 15) is 9.59 Å². The molecule has 0 amide bonds. The highest BCUT2D eigenvalue weighted by Crippen LogP contribution is 2.16. The zero-order valence-electron chi connectivity index (χ0n) is 18.2. The molecule has 0 spiro atoms. The van der Waals surface area contributed by atoms with E-state index in [0.29, 0.717) is 36.2 Å². The summed E-state index contributed by atoms with van der Waals surface area (Å²) >= 11 is 0. The van der Waals surface area contributed by atoms with Gasteiger partial charge in [0.05, 0.1) is 24.3 Å². The molecule has 4 nitrogen and oxygen atoms in total. The topological polar surface area (TPSA) is 52.6 Å². The molecule has 0 fully saturated rings. The molecule has 0 aliphatic rings. The minimum Gasteiger partial charge on any atom is -0.462 e. The molecule has 0 N–H and O–H groups in total. The SMILES string of the molecule is CCCC[C@@H](CC)COC(=O)c1cccc(C(=O)OC[C@H](CC)CCCC)c1. The van der Waals surface area contributed by atoms with E-state index in [1.807, 2.05) is 0 Å². The number of carbonyl (C=O) groups is 2. The Hall–Kier alpha value is -1.84. The van der Waals surface area contributed by atoms with Gasteiger partial charge in [-0.25, -0.2) is 9.59 Å². The summed E-state index contributed by atoms with van der Waals surface area (Å²) in [7, 11) is 0. The lowest BCUT2D eigenvalue weighted by Crippen LogP contribution is -2.16. The van der Waals surface area contributed by atoms with Gasteiger partial charge in [-0.3, -0.25) is 0 Å². The molecule has 0 aliphatic heterocycles. The second kappa shape index (κ2) is 14.2. The smallest absolute Gasteiger partial charge is 0.338 e. The summed E-state index contributed by atoms with van der Waals surface area (Å²) in [5.74, 6) is 0.0373. The van der Waals surface area contributed by atoms with Crippen LogP contribution in [0.15, 0.2) is 24.3 Å². The summed E-state index contributed by atoms with van der Waals surface area (Å²) in [6.07, 6.45) is 8.72. The molecule has 0 heterocycles. The van der Waals surface area contributed by atoms with Crippen molar-refractivity contribution in [3.63, 3.8) is 0 Å². The summed E-state index contributed by atoms with van der Waals surface area (Å²) in [6, 6.07) is 6.64. The normalized spacial score (nSPS) is 13.0. The Bertz CT molecular complexity index is 534. The zero-order chi connectivity index (χ0) is 20.8. The number of esters is 2. The van der Waals surface area contributed by atoms with Crippen molar-refractivity contribution >= 4 is 11.9 Å². The van der Waals surface area contributed by atoms with E-state index >= 15 is 0 Å². The zero-order valence-corrected chi connectivity index (χ0v) is 18.2. The maximum Gasteiger partial charge on any atom is 0.338 e. The molecule has 0 saturated carbocycles. The Labute approximate surface area is 171 Å². The average Bonchev–Trinajstić information content (AvgIpc) is 2.73. The molecule has 0 bridgehead atoms. The van der Waals surface area contributed by atoms with E-state index in [2.05, 4.69) is 27.7 Å². The first-order valence-corrected chi connectivity index (χ1v) is 11.0. The number of unbranched alkanes of at least 4 members (excludes halogenated alkanes) is 2. The lowest BCUT2D eigenvalue weighted by molar-refractivity contribution is 0.0426. The molecule has 0 aliphatic carbocycles. The number of hydrogen-bond acceptors (Lipinski definition) is 4. The third kappa shape index (κ3) is 8.90. The molecule has 1 rings (SSSR count). The van der Waals surface area contributed by atoms with Gasteiger partial charge >= 0.3 is 11.9 Å². The Balaban J connectivity index is 2.59. The van der Waals surface area contributed by atoms with E-state index in [0.717, 1.165) is 51.4 Å². The van der Waals surface area contributed by atoms with Gasteiger partial charge in [0.1, 0.15) is 0 Å². The van der Waals surface area contributed by atoms with E-state index in [1.165, 1.54) is 0 Å². The molecular weight excluding hydrogens is 352 g/mol. The molecule has 4 heteroatoms. The van der Waals surface area contributed by atoms with Crippen molar-refractivity contribution in [3.8, 4) is 0 Å². The molecule has 0 unspecified atom stereocenters. The minimum absolute atomic E-state index is 0.376. The van der Waals surface area contributed by atoms with Crippen molar-refractivity contribution < 1.29 is 19.1 Å². The first kappa shape index (κ1) is 24.2. The van der Waals surface area contributed by atoms with Crippen molar-refractivity contribution in [1.29, 1.82) is 0 Å². The number of benzene rings is 1. The number of carbonyl (C=O) groups excluding carboxylic acids is 2. The van der Waals surface area contributed by atoms with Crippen LogP contribution in [-0.2, 0) is 9.47 Å². The van der Waals surface area contributed by atoms with Crippen LogP contribution in [-0.4, -0.2) is 25.2 Å². The first-order chi connectivity index (χ1) is 13.5. The quantitative estimate of drug-likeness (QED) is 0.343. The average molecular weight is 391 g/mol. The van der Waals surface area contributed by atoms with E-state index < -0.39 is 0 Å². The van der Waals surface area contributed by atoms with Gasteiger partial charge in [-0.1, -0.05) is 72.3 Å². The van der Waals surface area contributed by atoms with Crippen molar-refractivity contribution in [2.24, 2.45) is 11.8 Å². The molecular formula is C24H38O4. The van der Waals surface area contributed by atoms with Crippen LogP contribution in [0, 0.1) is 11.8 Å². The van der Waals surface area contributed by atoms with Gasteiger partial charge in [-0.15, -0.1) is 0 Å². The Kier molecular flexibility index (Phi) is 12.3. The maximum atomic E-state index is 12.4. The van der Waals surface area contributed by atoms with Crippen LogP contribution in [0.2, 0.25) is 0 Å². The van der Waals surface area contributed by atoms with Gasteiger partial charge in [0.15, 0.2) is 0 Å². The van der Waals surface area contributed by atoms with Gasteiger partial charge in [0, 0.05) is 0 Å². The summed E-state index contributed by atoms with van der Waals surface area (Å²) in [5.41, 5.74) is 0.802. The van der Waals surface area contributed by atoms with Crippen molar-refractivity contribution in [1.82, 2.24) is 0 Å². The predicted octanol–water partition coefficient (Wildman–Crippen LogP) is 6.43. The highest BCUT2D eigenvalue weighted by molar-refractivity contribution is 5.95. The standard InChI is InChI=1S/C24H38O4/c1-5-9-12-19(7-3)17-27-23(25)21-14-11-15-22(16-21)24(26)28-18-20(8-4)13-10-6-2/h11,14-16,19-20H,5-10,12-13,17-18H2,1-4H3/t19-,20-/m1/s1. The summed E-state index contributed by atoms with van der Waals surface area (Å²) in [4.78, 5) is 24.7. The Morgan fingerprint density at radius 1 is 0.786 bits per heavy atom. The second-order valence-corrected chi connectivity index (χ2v) is 7.61. The van der Waals surface area contributed by atoms with E-state index in [4.69, 9.17) is 9.47 Å². The van der Waals surface area contributed by atoms with Crippen LogP contribution in [0.1, 0.15) is 99.8 Å². The van der Waals surface area contributed by atoms with E-state index in [-0.39, 0.29) is 11.9 Å². The summed E-state index contributed by atoms with van der Waals surface area (Å²) in [5, 5.41) is 0. The molecule has 0 aromatic heterocycles. The lowest BCUT2D eigenvalue weighted by Gasteiger charge is -2.15. The highest BCUT2D eigenvalue weighted by Gasteiger charge is 2.16. The largest absolute Gasteiger partial charge is 0.462 e. The van der Waals surface area contributed by atoms with Crippen LogP contribution in [0.3, 0.4) is 0 Å². The van der Waals surface area contributed by atoms with Crippen molar-refractivity contribution in [2.45, 2.75) is 79.1 Å². The van der Waals surface area contributed by atoms with Crippen LogP contribution in [0.4, 0.5) is 0 Å². The minimum atomic E-state index is -0.376. The van der Waals surface area contributed by atoms with Gasteiger partial charge in [-0.05, 0) is 42.9 Å². The lowest BCUT2D eigenvalue weighted by atomic mass is 10.0. The fourth-order valence-corrected chi connectivity index (χ4v) is 3.12. The number of ether oxygens (including phenoxy) is 2. The fraction of sp³-hybridized carbons (Fsp3) is 0.667. The van der Waals surface area contributed by atoms with Crippen molar-refractivity contribution in [2.75, 3.05) is 13.2 Å². The Morgan fingerprint density at radius 3 is 1.57 bits per heavy atom. The molecule has 0 saturated heterocycles. The molecule has 158 valence electrons. The van der Waals surface area contributed by atoms with E-state index in [1.54, 1.807) is 24.3 Å². The van der Waals surface area contributed by atoms with Crippen molar-refractivity contribution in [3.05, 3.63) is 35.4 Å². The second-order valence-electron chi connectivity index (χ2n) is 7.61. The number of hydrogen-bond donors (Lipinski definition) is 0. The summed E-state index contributed by atoms with van der Waals surface area (Å²) in [6.45, 7) is 9.43. The molecule has 0 radical (unpaired) electrons. The number of rotatable bonds is 14. The first-order valence-electron chi connectivity index (χ1n) is 11.0. The molecule has 2 atom stereocenters. The van der Waals surface area contributed by atoms with Gasteiger partial charge in [0.2, 0.25) is 0 Å². The van der Waals surface area contributed by atoms with Crippen LogP contribution in [0.25, 0.3) is 0 Å².